The van der Waals surface area contributed by atoms with E-state index in [0.29, 0.717) is 16.5 Å². The molecule has 0 aliphatic carbocycles. The minimum absolute atomic E-state index is 0.0459. The maximum Gasteiger partial charge on any atom is 0.251 e. The van der Waals surface area contributed by atoms with E-state index >= 15 is 0 Å². The molecule has 1 amide bonds. The van der Waals surface area contributed by atoms with Crippen LogP contribution in [0.25, 0.3) is 0 Å². The lowest BCUT2D eigenvalue weighted by Crippen LogP contribution is -2.44. The van der Waals surface area contributed by atoms with Crippen molar-refractivity contribution in [2.45, 2.75) is 25.8 Å². The molecule has 2 unspecified atom stereocenters. The number of benzene rings is 1. The molecule has 0 aromatic heterocycles. The van der Waals surface area contributed by atoms with Gasteiger partial charge in [-0.3, -0.25) is 4.79 Å². The number of rotatable bonds is 3. The van der Waals surface area contributed by atoms with Crippen LogP contribution in [0.1, 0.15) is 30.1 Å². The molecule has 1 heterocycles. The first kappa shape index (κ1) is 14.8. The number of nitrogens with one attached hydrogen (secondary N) is 2. The SMILES string of the molecule is CC(NC(=O)c1ccc(Cl)c(Br)c1)C1CCCNC1. The van der Waals surface area contributed by atoms with E-state index in [2.05, 4.69) is 33.5 Å². The number of carbonyl (C=O) groups is 1. The minimum atomic E-state index is -0.0459. The van der Waals surface area contributed by atoms with Crippen LogP contribution in [0.15, 0.2) is 22.7 Å². The summed E-state index contributed by atoms with van der Waals surface area (Å²) in [6.07, 6.45) is 2.34. The molecular formula is C14H18BrClN2O. The Balaban J connectivity index is 1.97. The van der Waals surface area contributed by atoms with Crippen molar-refractivity contribution in [3.8, 4) is 0 Å². The maximum atomic E-state index is 12.2. The van der Waals surface area contributed by atoms with E-state index in [1.54, 1.807) is 18.2 Å². The average Bonchev–Trinajstić information content (AvgIpc) is 2.42. The summed E-state index contributed by atoms with van der Waals surface area (Å²) in [6, 6.07) is 5.40. The molecule has 1 aromatic rings. The van der Waals surface area contributed by atoms with Crippen LogP contribution in [0.2, 0.25) is 5.02 Å². The first-order valence-electron chi connectivity index (χ1n) is 6.54. The molecule has 1 aliphatic heterocycles. The van der Waals surface area contributed by atoms with Crippen molar-refractivity contribution in [2.75, 3.05) is 13.1 Å². The maximum absolute atomic E-state index is 12.2. The van der Waals surface area contributed by atoms with Crippen molar-refractivity contribution < 1.29 is 4.79 Å². The summed E-state index contributed by atoms with van der Waals surface area (Å²) in [5, 5.41) is 7.05. The summed E-state index contributed by atoms with van der Waals surface area (Å²) < 4.78 is 0.744. The summed E-state index contributed by atoms with van der Waals surface area (Å²) in [5.41, 5.74) is 0.631. The fraction of sp³-hybridized carbons (Fsp3) is 0.500. The molecular weight excluding hydrogens is 328 g/mol. The van der Waals surface area contributed by atoms with Crippen LogP contribution in [0, 0.1) is 5.92 Å². The van der Waals surface area contributed by atoms with Crippen LogP contribution in [0.4, 0.5) is 0 Å². The third-order valence-corrected chi connectivity index (χ3v) is 4.80. The number of hydrogen-bond donors (Lipinski definition) is 2. The van der Waals surface area contributed by atoms with E-state index in [1.807, 2.05) is 0 Å². The fourth-order valence-electron chi connectivity index (χ4n) is 2.35. The number of piperidine rings is 1. The minimum Gasteiger partial charge on any atom is -0.349 e. The third-order valence-electron chi connectivity index (χ3n) is 3.58. The Morgan fingerprint density at radius 1 is 1.58 bits per heavy atom. The second kappa shape index (κ2) is 6.73. The standard InChI is InChI=1S/C14H18BrClN2O/c1-9(11-3-2-6-17-8-11)18-14(19)10-4-5-13(16)12(15)7-10/h4-5,7,9,11,17H,2-3,6,8H2,1H3,(H,18,19). The Labute approximate surface area is 127 Å². The lowest BCUT2D eigenvalue weighted by atomic mass is 9.92. The van der Waals surface area contributed by atoms with Crippen LogP contribution in [0.3, 0.4) is 0 Å². The predicted molar refractivity (Wildman–Crippen MR) is 81.7 cm³/mol. The molecule has 2 rings (SSSR count). The van der Waals surface area contributed by atoms with Crippen molar-refractivity contribution in [1.29, 1.82) is 0 Å². The molecule has 1 fully saturated rings. The van der Waals surface area contributed by atoms with Gasteiger partial charge in [0, 0.05) is 16.1 Å². The van der Waals surface area contributed by atoms with Crippen LogP contribution < -0.4 is 10.6 Å². The zero-order valence-electron chi connectivity index (χ0n) is 10.9. The first-order chi connectivity index (χ1) is 9.08. The predicted octanol–water partition coefficient (Wildman–Crippen LogP) is 3.22. The highest BCUT2D eigenvalue weighted by molar-refractivity contribution is 9.10. The molecule has 0 saturated carbocycles. The highest BCUT2D eigenvalue weighted by Crippen LogP contribution is 2.23. The van der Waals surface area contributed by atoms with Crippen LogP contribution in [0.5, 0.6) is 0 Å². The van der Waals surface area contributed by atoms with E-state index < -0.39 is 0 Å². The molecule has 0 spiro atoms. The summed E-state index contributed by atoms with van der Waals surface area (Å²) in [6.45, 7) is 4.13. The fourth-order valence-corrected chi connectivity index (χ4v) is 2.85. The van der Waals surface area contributed by atoms with Crippen molar-refractivity contribution >= 4 is 33.4 Å². The summed E-state index contributed by atoms with van der Waals surface area (Å²) >= 11 is 9.26. The highest BCUT2D eigenvalue weighted by atomic mass is 79.9. The molecule has 1 aliphatic rings. The first-order valence-corrected chi connectivity index (χ1v) is 7.71. The van der Waals surface area contributed by atoms with E-state index in [9.17, 15) is 4.79 Å². The topological polar surface area (TPSA) is 41.1 Å². The molecule has 1 aromatic carbocycles. The lowest BCUT2D eigenvalue weighted by molar-refractivity contribution is 0.0922. The zero-order chi connectivity index (χ0) is 13.8. The van der Waals surface area contributed by atoms with Gasteiger partial charge in [-0.25, -0.2) is 0 Å². The van der Waals surface area contributed by atoms with Gasteiger partial charge in [-0.05, 0) is 72.9 Å². The largest absolute Gasteiger partial charge is 0.349 e. The van der Waals surface area contributed by atoms with Gasteiger partial charge < -0.3 is 10.6 Å². The van der Waals surface area contributed by atoms with Crippen LogP contribution in [-0.2, 0) is 0 Å². The highest BCUT2D eigenvalue weighted by Gasteiger charge is 2.21. The monoisotopic (exact) mass is 344 g/mol. The number of hydrogen-bond acceptors (Lipinski definition) is 2. The summed E-state index contributed by atoms with van der Waals surface area (Å²) in [7, 11) is 0. The van der Waals surface area contributed by atoms with E-state index in [4.69, 9.17) is 11.6 Å². The van der Waals surface area contributed by atoms with E-state index in [-0.39, 0.29) is 11.9 Å². The smallest absolute Gasteiger partial charge is 0.251 e. The quantitative estimate of drug-likeness (QED) is 0.883. The normalized spacial score (nSPS) is 20.9. The van der Waals surface area contributed by atoms with Crippen molar-refractivity contribution in [2.24, 2.45) is 5.92 Å². The van der Waals surface area contributed by atoms with Gasteiger partial charge in [0.1, 0.15) is 0 Å². The molecule has 5 heteroatoms. The van der Waals surface area contributed by atoms with Gasteiger partial charge >= 0.3 is 0 Å². The average molecular weight is 346 g/mol. The second-order valence-corrected chi connectivity index (χ2v) is 6.26. The van der Waals surface area contributed by atoms with Gasteiger partial charge in [0.25, 0.3) is 5.91 Å². The van der Waals surface area contributed by atoms with Crippen molar-refractivity contribution in [3.63, 3.8) is 0 Å². The molecule has 2 atom stereocenters. The van der Waals surface area contributed by atoms with Gasteiger partial charge in [0.2, 0.25) is 0 Å². The van der Waals surface area contributed by atoms with Gasteiger partial charge in [-0.15, -0.1) is 0 Å². The zero-order valence-corrected chi connectivity index (χ0v) is 13.2. The Morgan fingerprint density at radius 2 is 2.37 bits per heavy atom. The van der Waals surface area contributed by atoms with Crippen molar-refractivity contribution in [3.05, 3.63) is 33.3 Å². The lowest BCUT2D eigenvalue weighted by Gasteiger charge is -2.29. The molecule has 0 bridgehead atoms. The number of halogens is 2. The van der Waals surface area contributed by atoms with Crippen molar-refractivity contribution in [1.82, 2.24) is 10.6 Å². The van der Waals surface area contributed by atoms with Crippen LogP contribution >= 0.6 is 27.5 Å². The molecule has 3 nitrogen and oxygen atoms in total. The Morgan fingerprint density at radius 3 is 3.00 bits per heavy atom. The Hall–Kier alpha value is -0.580. The van der Waals surface area contributed by atoms with Gasteiger partial charge in [0.05, 0.1) is 5.02 Å². The number of amides is 1. The molecule has 104 valence electrons. The second-order valence-electron chi connectivity index (χ2n) is 5.00. The Bertz CT molecular complexity index is 461. The van der Waals surface area contributed by atoms with Gasteiger partial charge in [0.15, 0.2) is 0 Å². The molecule has 2 N–H and O–H groups in total. The Kier molecular flexibility index (Phi) is 5.25. The molecule has 0 radical (unpaired) electrons. The third kappa shape index (κ3) is 3.94. The van der Waals surface area contributed by atoms with Gasteiger partial charge in [-0.2, -0.15) is 0 Å². The van der Waals surface area contributed by atoms with Crippen LogP contribution in [-0.4, -0.2) is 25.0 Å². The number of carbonyl (C=O) groups excluding carboxylic acids is 1. The summed E-state index contributed by atoms with van der Waals surface area (Å²) in [5.74, 6) is 0.462. The van der Waals surface area contributed by atoms with Gasteiger partial charge in [-0.1, -0.05) is 11.6 Å². The molecule has 19 heavy (non-hydrogen) atoms. The van der Waals surface area contributed by atoms with E-state index in [0.717, 1.165) is 17.6 Å². The van der Waals surface area contributed by atoms with E-state index in [1.165, 1.54) is 12.8 Å². The summed E-state index contributed by atoms with van der Waals surface area (Å²) in [4.78, 5) is 12.2. The molecule has 1 saturated heterocycles.